The minimum Gasteiger partial charge on any atom is -0.483 e. The number of nitrogens with zero attached hydrogens (tertiary/aromatic N) is 1. The van der Waals surface area contributed by atoms with Crippen molar-refractivity contribution >= 4 is 21.8 Å². The van der Waals surface area contributed by atoms with Gasteiger partial charge in [-0.15, -0.1) is 0 Å². The van der Waals surface area contributed by atoms with Gasteiger partial charge in [0.2, 0.25) is 0 Å². The zero-order chi connectivity index (χ0) is 13.7. The number of aliphatic hydroxyl groups is 1. The van der Waals surface area contributed by atoms with E-state index >= 15 is 0 Å². The molecule has 1 N–H and O–H groups in total. The Morgan fingerprint density at radius 3 is 2.74 bits per heavy atom. The Morgan fingerprint density at radius 2 is 2.05 bits per heavy atom. The predicted octanol–water partition coefficient (Wildman–Crippen LogP) is 2.33. The molecule has 4 nitrogen and oxygen atoms in total. The standard InChI is InChI=1S/C14H18BrNO3/c15-12-4-5-13(11(8-12)9-17)19-10-14(18)16-6-2-1-3-7-16/h4-5,8,17H,1-3,6-7,9-10H2. The molecule has 1 aromatic carbocycles. The number of carbonyl (C=O) groups excluding carboxylic acids is 1. The molecule has 0 unspecified atom stereocenters. The van der Waals surface area contributed by atoms with Crippen molar-refractivity contribution in [3.05, 3.63) is 28.2 Å². The zero-order valence-corrected chi connectivity index (χ0v) is 12.4. The van der Waals surface area contributed by atoms with E-state index < -0.39 is 0 Å². The fourth-order valence-electron chi connectivity index (χ4n) is 2.19. The van der Waals surface area contributed by atoms with Crippen LogP contribution in [0.1, 0.15) is 24.8 Å². The maximum atomic E-state index is 12.0. The zero-order valence-electron chi connectivity index (χ0n) is 10.8. The van der Waals surface area contributed by atoms with E-state index in [1.165, 1.54) is 6.42 Å². The van der Waals surface area contributed by atoms with Crippen molar-refractivity contribution in [1.29, 1.82) is 0 Å². The Bertz CT molecular complexity index is 444. The third-order valence-corrected chi connectivity index (χ3v) is 3.75. The van der Waals surface area contributed by atoms with Crippen LogP contribution < -0.4 is 4.74 Å². The number of benzene rings is 1. The monoisotopic (exact) mass is 327 g/mol. The lowest BCUT2D eigenvalue weighted by Gasteiger charge is -2.26. The predicted molar refractivity (Wildman–Crippen MR) is 76.0 cm³/mol. The highest BCUT2D eigenvalue weighted by Crippen LogP contribution is 2.23. The number of likely N-dealkylation sites (tertiary alicyclic amines) is 1. The molecule has 1 saturated heterocycles. The Kier molecular flexibility index (Phi) is 5.22. The van der Waals surface area contributed by atoms with Crippen LogP contribution in [0.25, 0.3) is 0 Å². The molecule has 0 spiro atoms. The number of halogens is 1. The largest absolute Gasteiger partial charge is 0.483 e. The molecule has 104 valence electrons. The number of carbonyl (C=O) groups is 1. The number of hydrogen-bond acceptors (Lipinski definition) is 3. The minimum absolute atomic E-state index is 0.0199. The van der Waals surface area contributed by atoms with E-state index in [4.69, 9.17) is 4.74 Å². The molecular weight excluding hydrogens is 310 g/mol. The molecule has 1 aliphatic heterocycles. The minimum atomic E-state index is -0.104. The van der Waals surface area contributed by atoms with E-state index in [9.17, 15) is 9.90 Å². The first-order chi connectivity index (χ1) is 9.20. The highest BCUT2D eigenvalue weighted by Gasteiger charge is 2.17. The number of piperidine rings is 1. The topological polar surface area (TPSA) is 49.8 Å². The molecular formula is C14H18BrNO3. The van der Waals surface area contributed by atoms with Gasteiger partial charge in [-0.25, -0.2) is 0 Å². The first-order valence-electron chi connectivity index (χ1n) is 6.50. The van der Waals surface area contributed by atoms with Crippen molar-refractivity contribution in [2.24, 2.45) is 0 Å². The van der Waals surface area contributed by atoms with Crippen LogP contribution >= 0.6 is 15.9 Å². The summed E-state index contributed by atoms with van der Waals surface area (Å²) in [5.74, 6) is 0.586. The number of aliphatic hydroxyl groups excluding tert-OH is 1. The fraction of sp³-hybridized carbons (Fsp3) is 0.500. The quantitative estimate of drug-likeness (QED) is 0.923. The van der Waals surface area contributed by atoms with Gasteiger partial charge in [0.25, 0.3) is 5.91 Å². The second-order valence-electron chi connectivity index (χ2n) is 4.64. The highest BCUT2D eigenvalue weighted by atomic mass is 79.9. The molecule has 1 aromatic rings. The summed E-state index contributed by atoms with van der Waals surface area (Å²) >= 11 is 3.34. The molecule has 0 bridgehead atoms. The lowest BCUT2D eigenvalue weighted by Crippen LogP contribution is -2.38. The van der Waals surface area contributed by atoms with Gasteiger partial charge in [0.1, 0.15) is 5.75 Å². The lowest BCUT2D eigenvalue weighted by atomic mass is 10.1. The second kappa shape index (κ2) is 6.91. The number of amides is 1. The maximum Gasteiger partial charge on any atom is 0.260 e. The lowest BCUT2D eigenvalue weighted by molar-refractivity contribution is -0.134. The van der Waals surface area contributed by atoms with Gasteiger partial charge in [-0.05, 0) is 37.5 Å². The van der Waals surface area contributed by atoms with Crippen molar-refractivity contribution in [2.45, 2.75) is 25.9 Å². The molecule has 0 saturated carbocycles. The number of ether oxygens (including phenoxy) is 1. The first kappa shape index (κ1) is 14.3. The van der Waals surface area contributed by atoms with Gasteiger partial charge >= 0.3 is 0 Å². The van der Waals surface area contributed by atoms with Crippen LogP contribution in [0.15, 0.2) is 22.7 Å². The van der Waals surface area contributed by atoms with Gasteiger partial charge in [-0.3, -0.25) is 4.79 Å². The highest BCUT2D eigenvalue weighted by molar-refractivity contribution is 9.10. The molecule has 1 fully saturated rings. The van der Waals surface area contributed by atoms with E-state index in [2.05, 4.69) is 15.9 Å². The van der Waals surface area contributed by atoms with Gasteiger partial charge in [0, 0.05) is 23.1 Å². The van der Waals surface area contributed by atoms with Crippen LogP contribution in [0, 0.1) is 0 Å². The first-order valence-corrected chi connectivity index (χ1v) is 7.30. The van der Waals surface area contributed by atoms with Crippen LogP contribution in [0.4, 0.5) is 0 Å². The Balaban J connectivity index is 1.92. The maximum absolute atomic E-state index is 12.0. The number of hydrogen-bond donors (Lipinski definition) is 1. The van der Waals surface area contributed by atoms with Crippen molar-refractivity contribution in [2.75, 3.05) is 19.7 Å². The molecule has 1 aliphatic rings. The summed E-state index contributed by atoms with van der Waals surface area (Å²) < 4.78 is 6.41. The second-order valence-corrected chi connectivity index (χ2v) is 5.56. The van der Waals surface area contributed by atoms with E-state index in [1.54, 1.807) is 12.1 Å². The Labute approximate surface area is 121 Å². The van der Waals surface area contributed by atoms with Crippen LogP contribution in [0.3, 0.4) is 0 Å². The van der Waals surface area contributed by atoms with Gasteiger partial charge in [0.15, 0.2) is 6.61 Å². The third kappa shape index (κ3) is 3.94. The van der Waals surface area contributed by atoms with Gasteiger partial charge < -0.3 is 14.7 Å². The van der Waals surface area contributed by atoms with E-state index in [0.29, 0.717) is 11.3 Å². The number of rotatable bonds is 4. The summed E-state index contributed by atoms with van der Waals surface area (Å²) in [5.41, 5.74) is 0.681. The summed E-state index contributed by atoms with van der Waals surface area (Å²) in [5, 5.41) is 9.26. The van der Waals surface area contributed by atoms with Crippen molar-refractivity contribution in [3.8, 4) is 5.75 Å². The molecule has 0 radical (unpaired) electrons. The van der Waals surface area contributed by atoms with E-state index in [0.717, 1.165) is 30.4 Å². The average molecular weight is 328 g/mol. The Morgan fingerprint density at radius 1 is 1.32 bits per heavy atom. The molecule has 0 atom stereocenters. The molecule has 1 amide bonds. The van der Waals surface area contributed by atoms with Gasteiger partial charge in [0.05, 0.1) is 6.61 Å². The fourth-order valence-corrected chi connectivity index (χ4v) is 2.59. The van der Waals surface area contributed by atoms with Crippen molar-refractivity contribution < 1.29 is 14.6 Å². The summed E-state index contributed by atoms with van der Waals surface area (Å²) in [6, 6.07) is 5.39. The SMILES string of the molecule is O=C(COc1ccc(Br)cc1CO)N1CCCCC1. The van der Waals surface area contributed by atoms with Crippen molar-refractivity contribution in [3.63, 3.8) is 0 Å². The summed E-state index contributed by atoms with van der Waals surface area (Å²) in [4.78, 5) is 13.8. The molecule has 2 rings (SSSR count). The Hall–Kier alpha value is -1.07. The van der Waals surface area contributed by atoms with Crippen LogP contribution in [-0.2, 0) is 11.4 Å². The summed E-state index contributed by atoms with van der Waals surface area (Å²) in [6.07, 6.45) is 3.35. The van der Waals surface area contributed by atoms with Gasteiger partial charge in [-0.2, -0.15) is 0 Å². The molecule has 1 heterocycles. The molecule has 0 aliphatic carbocycles. The normalized spacial score (nSPS) is 15.4. The molecule has 5 heteroatoms. The van der Waals surface area contributed by atoms with E-state index in [1.807, 2.05) is 11.0 Å². The smallest absolute Gasteiger partial charge is 0.260 e. The van der Waals surface area contributed by atoms with E-state index in [-0.39, 0.29) is 19.1 Å². The summed E-state index contributed by atoms with van der Waals surface area (Å²) in [7, 11) is 0. The van der Waals surface area contributed by atoms with Crippen LogP contribution in [0.2, 0.25) is 0 Å². The van der Waals surface area contributed by atoms with Gasteiger partial charge in [-0.1, -0.05) is 15.9 Å². The van der Waals surface area contributed by atoms with Crippen molar-refractivity contribution in [1.82, 2.24) is 4.90 Å². The average Bonchev–Trinajstić information content (AvgIpc) is 2.46. The summed E-state index contributed by atoms with van der Waals surface area (Å²) in [6.45, 7) is 1.59. The third-order valence-electron chi connectivity index (χ3n) is 3.25. The van der Waals surface area contributed by atoms with Crippen LogP contribution in [0.5, 0.6) is 5.75 Å². The molecule has 19 heavy (non-hydrogen) atoms. The van der Waals surface area contributed by atoms with Crippen LogP contribution in [-0.4, -0.2) is 35.6 Å². The molecule has 0 aromatic heterocycles.